The molecule has 2 aromatic heterocycles. The van der Waals surface area contributed by atoms with E-state index < -0.39 is 10.8 Å². The third-order valence-electron chi connectivity index (χ3n) is 5.42. The van der Waals surface area contributed by atoms with Crippen LogP contribution in [0.2, 0.25) is 0 Å². The Balaban J connectivity index is 1.39. The SMILES string of the molecule is CS(=O)c1cccc(-c2cccn3nc(Nc4ccc(C(=O)N5CC(N)C5)cc4)nc23)c1. The number of carbonyl (C=O) groups excluding carboxylic acids is 1. The van der Waals surface area contributed by atoms with Crippen LogP contribution in [0.5, 0.6) is 0 Å². The minimum absolute atomic E-state index is 0.0102. The Morgan fingerprint density at radius 2 is 1.91 bits per heavy atom. The van der Waals surface area contributed by atoms with Crippen molar-refractivity contribution in [1.82, 2.24) is 19.5 Å². The summed E-state index contributed by atoms with van der Waals surface area (Å²) in [4.78, 5) is 19.6. The molecule has 3 heterocycles. The number of hydrogen-bond acceptors (Lipinski definition) is 6. The van der Waals surface area contributed by atoms with E-state index in [4.69, 9.17) is 5.73 Å². The number of nitrogens with two attached hydrogens (primary N) is 1. The fourth-order valence-electron chi connectivity index (χ4n) is 3.71. The molecule has 1 amide bonds. The Morgan fingerprint density at radius 3 is 2.62 bits per heavy atom. The second-order valence-corrected chi connectivity index (χ2v) is 9.16. The highest BCUT2D eigenvalue weighted by atomic mass is 32.2. The minimum Gasteiger partial charge on any atom is -0.335 e. The largest absolute Gasteiger partial charge is 0.335 e. The van der Waals surface area contributed by atoms with Crippen LogP contribution in [-0.2, 0) is 10.8 Å². The topological polar surface area (TPSA) is 106 Å². The van der Waals surface area contributed by atoms with Crippen molar-refractivity contribution in [3.8, 4) is 11.1 Å². The molecule has 0 saturated carbocycles. The first-order valence-corrected chi connectivity index (χ1v) is 11.7. The summed E-state index contributed by atoms with van der Waals surface area (Å²) in [5.74, 6) is 0.435. The van der Waals surface area contributed by atoms with Gasteiger partial charge in [0.05, 0.1) is 0 Å². The highest BCUT2D eigenvalue weighted by molar-refractivity contribution is 7.84. The zero-order valence-corrected chi connectivity index (χ0v) is 18.2. The molecule has 1 aliphatic rings. The van der Waals surface area contributed by atoms with E-state index in [1.807, 2.05) is 54.7 Å². The van der Waals surface area contributed by atoms with Gasteiger partial charge >= 0.3 is 0 Å². The van der Waals surface area contributed by atoms with Crippen molar-refractivity contribution in [2.24, 2.45) is 5.73 Å². The summed E-state index contributed by atoms with van der Waals surface area (Å²) in [7, 11) is -1.06. The van der Waals surface area contributed by atoms with Crippen molar-refractivity contribution < 1.29 is 9.00 Å². The molecular formula is C23H22N6O2S. The van der Waals surface area contributed by atoms with Gasteiger partial charge in [0, 0.05) is 64.1 Å². The lowest BCUT2D eigenvalue weighted by Gasteiger charge is -2.36. The Bertz CT molecular complexity index is 1330. The Kier molecular flexibility index (Phi) is 5.20. The molecule has 5 rings (SSSR count). The molecule has 0 aliphatic carbocycles. The van der Waals surface area contributed by atoms with Gasteiger partial charge < -0.3 is 16.0 Å². The summed E-state index contributed by atoms with van der Waals surface area (Å²) in [5, 5.41) is 7.71. The Hall–Kier alpha value is -3.56. The maximum atomic E-state index is 12.4. The second-order valence-electron chi connectivity index (χ2n) is 7.78. The fourth-order valence-corrected chi connectivity index (χ4v) is 4.28. The molecule has 0 radical (unpaired) electrons. The maximum Gasteiger partial charge on any atom is 0.253 e. The molecule has 1 saturated heterocycles. The predicted molar refractivity (Wildman–Crippen MR) is 124 cm³/mol. The average molecular weight is 447 g/mol. The molecule has 2 aromatic carbocycles. The number of likely N-dealkylation sites (tertiary alicyclic amines) is 1. The highest BCUT2D eigenvalue weighted by Crippen LogP contribution is 2.26. The number of aromatic nitrogens is 3. The zero-order chi connectivity index (χ0) is 22.2. The first kappa shape index (κ1) is 20.3. The van der Waals surface area contributed by atoms with Crippen molar-refractivity contribution >= 4 is 34.0 Å². The van der Waals surface area contributed by atoms with Crippen LogP contribution in [0.15, 0.2) is 71.8 Å². The van der Waals surface area contributed by atoms with Gasteiger partial charge in [0.1, 0.15) is 0 Å². The molecule has 3 N–H and O–H groups in total. The number of benzene rings is 2. The van der Waals surface area contributed by atoms with Crippen LogP contribution in [0.25, 0.3) is 16.8 Å². The highest BCUT2D eigenvalue weighted by Gasteiger charge is 2.28. The first-order valence-electron chi connectivity index (χ1n) is 10.2. The Labute approximate surface area is 187 Å². The van der Waals surface area contributed by atoms with E-state index >= 15 is 0 Å². The summed E-state index contributed by atoms with van der Waals surface area (Å²) >= 11 is 0. The van der Waals surface area contributed by atoms with Crippen LogP contribution >= 0.6 is 0 Å². The number of hydrogen-bond donors (Lipinski definition) is 2. The second kappa shape index (κ2) is 8.18. The number of amides is 1. The molecular weight excluding hydrogens is 424 g/mol. The van der Waals surface area contributed by atoms with Gasteiger partial charge in [-0.3, -0.25) is 9.00 Å². The zero-order valence-electron chi connectivity index (χ0n) is 17.4. The molecule has 4 aromatic rings. The van der Waals surface area contributed by atoms with Gasteiger partial charge in [0.2, 0.25) is 5.95 Å². The minimum atomic E-state index is -1.06. The van der Waals surface area contributed by atoms with Crippen molar-refractivity contribution in [3.05, 3.63) is 72.4 Å². The lowest BCUT2D eigenvalue weighted by atomic mass is 10.1. The Morgan fingerprint density at radius 1 is 1.12 bits per heavy atom. The normalized spacial score (nSPS) is 14.9. The third kappa shape index (κ3) is 3.88. The molecule has 1 atom stereocenters. The molecule has 1 aliphatic heterocycles. The molecule has 0 spiro atoms. The maximum absolute atomic E-state index is 12.4. The van der Waals surface area contributed by atoms with E-state index in [2.05, 4.69) is 15.4 Å². The van der Waals surface area contributed by atoms with Crippen molar-refractivity contribution in [2.75, 3.05) is 24.7 Å². The van der Waals surface area contributed by atoms with Crippen LogP contribution in [0.3, 0.4) is 0 Å². The van der Waals surface area contributed by atoms with Crippen LogP contribution < -0.4 is 11.1 Å². The summed E-state index contributed by atoms with van der Waals surface area (Å²) < 4.78 is 13.6. The van der Waals surface area contributed by atoms with E-state index in [0.717, 1.165) is 21.7 Å². The van der Waals surface area contributed by atoms with E-state index in [0.29, 0.717) is 30.2 Å². The van der Waals surface area contributed by atoms with Crippen molar-refractivity contribution in [3.63, 3.8) is 0 Å². The van der Waals surface area contributed by atoms with Crippen LogP contribution in [0.1, 0.15) is 10.4 Å². The molecule has 1 fully saturated rings. The number of nitrogens with one attached hydrogen (secondary N) is 1. The standard InChI is InChI=1S/C23H22N6O2S/c1-32(31)19-5-2-4-16(12-19)20-6-3-11-29-21(20)26-23(27-29)25-18-9-7-15(8-10-18)22(30)28-13-17(24)14-28/h2-12,17H,13-14,24H2,1H3,(H,25,27). The predicted octanol–water partition coefficient (Wildman–Crippen LogP) is 2.66. The molecule has 8 nitrogen and oxygen atoms in total. The van der Waals surface area contributed by atoms with Gasteiger partial charge in [-0.1, -0.05) is 12.1 Å². The van der Waals surface area contributed by atoms with Crippen LogP contribution in [0, 0.1) is 0 Å². The average Bonchev–Trinajstić information content (AvgIpc) is 3.19. The summed E-state index contributed by atoms with van der Waals surface area (Å²) in [5.41, 5.74) is 9.68. The molecule has 32 heavy (non-hydrogen) atoms. The number of anilines is 2. The smallest absolute Gasteiger partial charge is 0.253 e. The van der Waals surface area contributed by atoms with Gasteiger partial charge in [0.15, 0.2) is 5.65 Å². The van der Waals surface area contributed by atoms with E-state index in [9.17, 15) is 9.00 Å². The fraction of sp³-hybridized carbons (Fsp3) is 0.174. The number of fused-ring (bicyclic) bond motifs is 1. The lowest BCUT2D eigenvalue weighted by molar-refractivity contribution is 0.0608. The molecule has 162 valence electrons. The van der Waals surface area contributed by atoms with Gasteiger partial charge in [-0.15, -0.1) is 5.10 Å². The quantitative estimate of drug-likeness (QED) is 0.488. The van der Waals surface area contributed by atoms with Gasteiger partial charge in [-0.05, 0) is 54.1 Å². The summed E-state index contributed by atoms with van der Waals surface area (Å²) in [6, 6.07) is 18.8. The third-order valence-corrected chi connectivity index (χ3v) is 6.34. The van der Waals surface area contributed by atoms with E-state index in [-0.39, 0.29) is 11.9 Å². The summed E-state index contributed by atoms with van der Waals surface area (Å²) in [6.45, 7) is 1.20. The van der Waals surface area contributed by atoms with Crippen LogP contribution in [-0.4, -0.2) is 55.0 Å². The van der Waals surface area contributed by atoms with Gasteiger partial charge in [0.25, 0.3) is 5.91 Å². The molecule has 0 bridgehead atoms. The monoisotopic (exact) mass is 446 g/mol. The van der Waals surface area contributed by atoms with Crippen molar-refractivity contribution in [2.45, 2.75) is 10.9 Å². The van der Waals surface area contributed by atoms with E-state index in [1.54, 1.807) is 27.8 Å². The van der Waals surface area contributed by atoms with Crippen molar-refractivity contribution in [1.29, 1.82) is 0 Å². The number of pyridine rings is 1. The molecule has 1 unspecified atom stereocenters. The van der Waals surface area contributed by atoms with Gasteiger partial charge in [-0.2, -0.15) is 4.98 Å². The van der Waals surface area contributed by atoms with Crippen LogP contribution in [0.4, 0.5) is 11.6 Å². The number of nitrogens with zero attached hydrogens (tertiary/aromatic N) is 4. The van der Waals surface area contributed by atoms with Gasteiger partial charge in [-0.25, -0.2) is 4.52 Å². The van der Waals surface area contributed by atoms with E-state index in [1.165, 1.54) is 0 Å². The summed E-state index contributed by atoms with van der Waals surface area (Å²) in [6.07, 6.45) is 3.49. The number of rotatable bonds is 5. The lowest BCUT2D eigenvalue weighted by Crippen LogP contribution is -2.57. The number of carbonyl (C=O) groups is 1. The molecule has 9 heteroatoms. The first-order chi connectivity index (χ1) is 15.5.